The number of allylic oxidation sites excluding steroid dienone is 6. The number of carboxylic acid groups (broad SMARTS) is 1. The van der Waals surface area contributed by atoms with Gasteiger partial charge in [-0.1, -0.05) is 21.4 Å². The molecule has 288 valence electrons. The molecule has 0 saturated carbocycles. The second-order valence-corrected chi connectivity index (χ2v) is 14.7. The number of hydrogen-bond donors (Lipinski definition) is 1. The van der Waals surface area contributed by atoms with E-state index in [9.17, 15) is 39.3 Å². The summed E-state index contributed by atoms with van der Waals surface area (Å²) in [6, 6.07) is 0. The van der Waals surface area contributed by atoms with Crippen molar-refractivity contribution in [3.63, 3.8) is 0 Å². The molecule has 1 N–H and O–H groups in total. The van der Waals surface area contributed by atoms with Crippen molar-refractivity contribution in [3.8, 4) is 0 Å². The van der Waals surface area contributed by atoms with Crippen LogP contribution in [0.25, 0.3) is 17.9 Å². The third-order valence-electron chi connectivity index (χ3n) is 9.59. The second-order valence-electron chi connectivity index (χ2n) is 13.1. The number of hydrogen-bond acceptors (Lipinski definition) is 13. The molecule has 1 aromatic rings. The normalized spacial score (nSPS) is 16.9. The number of ether oxygens (including phenoxy) is 1. The van der Waals surface area contributed by atoms with Crippen molar-refractivity contribution in [1.82, 2.24) is 4.98 Å². The van der Waals surface area contributed by atoms with E-state index in [0.717, 1.165) is 11.1 Å². The number of methoxy groups -OCH3 is 1. The van der Waals surface area contributed by atoms with Crippen molar-refractivity contribution >= 4 is 60.5 Å². The number of nitrogens with zero attached hydrogens (tertiary/aromatic N) is 4. The Bertz CT molecular complexity index is 2340. The molecule has 0 spiro atoms. The summed E-state index contributed by atoms with van der Waals surface area (Å²) in [4.78, 5) is 69.4. The number of aliphatic imine (C=N–C) groups is 4. The number of aromatic nitrogens is 1. The molecule has 5 heterocycles. The van der Waals surface area contributed by atoms with E-state index in [-0.39, 0.29) is 229 Å². The van der Waals surface area contributed by atoms with Gasteiger partial charge in [0.25, 0.3) is 0 Å². The maximum atomic E-state index is 13.9. The molecule has 0 unspecified atom stereocenters. The van der Waals surface area contributed by atoms with Gasteiger partial charge in [-0.15, -0.1) is 5.76 Å². The Morgan fingerprint density at radius 1 is 0.877 bits per heavy atom. The maximum absolute atomic E-state index is 13.9. The van der Waals surface area contributed by atoms with Crippen molar-refractivity contribution in [1.29, 1.82) is 0 Å². The first-order valence-corrected chi connectivity index (χ1v) is 18.8. The fourth-order valence-electron chi connectivity index (χ4n) is 6.81. The van der Waals surface area contributed by atoms with Gasteiger partial charge in [0.2, 0.25) is 0 Å². The number of aliphatic carboxylic acids is 1. The molecule has 0 radical (unpaired) electrons. The quantitative estimate of drug-likeness (QED) is 0.0553. The van der Waals surface area contributed by atoms with Crippen LogP contribution in [0.3, 0.4) is 0 Å². The third-order valence-corrected chi connectivity index (χ3v) is 10.5. The average Bonchev–Trinajstić information content (AvgIpc) is 3.77. The molecule has 0 fully saturated rings. The van der Waals surface area contributed by atoms with E-state index in [4.69, 9.17) is 19.7 Å². The number of fused-ring (bicyclic) bond motifs is 5. The molecule has 0 amide bonds. The summed E-state index contributed by atoms with van der Waals surface area (Å²) in [5.41, 5.74) is 6.89. The minimum atomic E-state index is -4.82. The molecular formula is C38H39K3N5O9PPd. The first kappa shape index (κ1) is 55.4. The number of aromatic amines is 1. The zero-order valence-corrected chi connectivity index (χ0v) is 45.7. The first-order chi connectivity index (χ1) is 24.9. The molecule has 0 saturated heterocycles. The second kappa shape index (κ2) is 23.7. The zero-order valence-electron chi connectivity index (χ0n) is 33.9. The van der Waals surface area contributed by atoms with E-state index in [1.165, 1.54) is 14.0 Å². The largest absolute Gasteiger partial charge is 2.00 e. The Kier molecular flexibility index (Phi) is 23.1. The molecule has 0 atom stereocenters. The fraction of sp³-hybridized carbons (Fsp3) is 0.368. The molecule has 0 aliphatic carbocycles. The van der Waals surface area contributed by atoms with Crippen molar-refractivity contribution in [2.24, 2.45) is 20.0 Å². The summed E-state index contributed by atoms with van der Waals surface area (Å²) in [6.45, 7) is 10.4. The van der Waals surface area contributed by atoms with E-state index < -0.39 is 38.0 Å². The van der Waals surface area contributed by atoms with Gasteiger partial charge in [0.15, 0.2) is 0 Å². The smallest absolute Gasteiger partial charge is 0.875 e. The Balaban J connectivity index is 0.00000406. The molecule has 0 aromatic carbocycles. The Morgan fingerprint density at radius 3 is 2.11 bits per heavy atom. The maximum Gasteiger partial charge on any atom is 2.00 e. The average molecular weight is 964 g/mol. The van der Waals surface area contributed by atoms with Gasteiger partial charge in [-0.25, -0.2) is 15.0 Å². The minimum absolute atomic E-state index is 0. The number of H-pyrrole nitrogens is 1. The topological polar surface area (TPSA) is 241 Å². The number of esters is 1. The number of carbonyl (C=O) groups excluding carboxylic acids is 2. The predicted molar refractivity (Wildman–Crippen MR) is 192 cm³/mol. The molecule has 14 nitrogen and oxygen atoms in total. The molecular weight excluding hydrogens is 925 g/mol. The first-order valence-electron chi connectivity index (χ1n) is 17.1. The van der Waals surface area contributed by atoms with Gasteiger partial charge in [0, 0.05) is 34.7 Å². The minimum Gasteiger partial charge on any atom is -0.875 e. The molecule has 5 rings (SSSR count). The molecule has 57 heavy (non-hydrogen) atoms. The van der Waals surface area contributed by atoms with Crippen LogP contribution in [0.4, 0.5) is 0 Å². The summed E-state index contributed by atoms with van der Waals surface area (Å²) < 4.78 is 16.3. The summed E-state index contributed by atoms with van der Waals surface area (Å²) in [7, 11) is -3.61. The summed E-state index contributed by atoms with van der Waals surface area (Å²) >= 11 is 0. The molecule has 19 heteroatoms. The van der Waals surface area contributed by atoms with Crippen molar-refractivity contribution in [2.45, 2.75) is 73.6 Å². The van der Waals surface area contributed by atoms with E-state index >= 15 is 0 Å². The van der Waals surface area contributed by atoms with Crippen molar-refractivity contribution in [2.75, 3.05) is 19.8 Å². The van der Waals surface area contributed by atoms with E-state index in [1.54, 1.807) is 26.0 Å². The zero-order chi connectivity index (χ0) is 38.9. The number of carboxylic acids is 1. The van der Waals surface area contributed by atoms with Crippen LogP contribution in [0.1, 0.15) is 78.0 Å². The summed E-state index contributed by atoms with van der Waals surface area (Å²) in [5.74, 6) is -2.91. The van der Waals surface area contributed by atoms with Crippen LogP contribution in [-0.2, 0) is 39.3 Å². The third kappa shape index (κ3) is 13.0. The van der Waals surface area contributed by atoms with Gasteiger partial charge in [-0.05, 0) is 122 Å². The van der Waals surface area contributed by atoms with Crippen LogP contribution in [0.5, 0.6) is 0 Å². The van der Waals surface area contributed by atoms with Crippen LogP contribution in [-0.4, -0.2) is 59.8 Å². The van der Waals surface area contributed by atoms with Gasteiger partial charge in [-0.3, -0.25) is 4.79 Å². The van der Waals surface area contributed by atoms with Gasteiger partial charge in [-0.2, -0.15) is 0 Å². The van der Waals surface area contributed by atoms with Gasteiger partial charge in [0.05, 0.1) is 47.8 Å². The van der Waals surface area contributed by atoms with Crippen molar-refractivity contribution in [3.05, 3.63) is 84.0 Å². The molecule has 4 aliphatic heterocycles. The Morgan fingerprint density at radius 2 is 1.53 bits per heavy atom. The van der Waals surface area contributed by atoms with Crippen LogP contribution in [0.15, 0.2) is 82.1 Å². The SMILES string of the molecule is CCC1=C(C)C2=NC1=CC1=NC(=C(CC(=O)OC)C3=NC(=Cc4[nH]c(/c(=C(\C)[O-])c4C)=C2)C(C)=C3CCC(=O)[O-])C(C([O-])=NCCCP(=O)([O-])[O-])=C1C.[K+].[K+].[K+].[Pd+2]. The monoisotopic (exact) mass is 963 g/mol. The summed E-state index contributed by atoms with van der Waals surface area (Å²) in [6.07, 6.45) is 4.20. The van der Waals surface area contributed by atoms with E-state index in [0.29, 0.717) is 67.8 Å². The standard InChI is InChI=1S/C38H44N5O9P.3K.Pd/c1-8-23-18(2)26-17-31-34(22(6)44)20(4)28(41-31)15-27-19(3)24(10-11-32(45)46)36(42-27)25(14-33(47)52-7)37-35(21(5)29(43-37)16-30(23)40-26)38(48)39-12-9-13-53(49,50)51;;;;/h15-17,41,44H,8-14H2,1-7H3,(H,39,48)(H,45,46)(H2,49,50,51);;;;/q;3*+1;+2/p-5/b27-15?,30-16?,31-17?,34-22+,37-25?;;;;. The fourth-order valence-corrected chi connectivity index (χ4v) is 7.34. The van der Waals surface area contributed by atoms with Crippen molar-refractivity contribution < 1.29 is 219 Å². The summed E-state index contributed by atoms with van der Waals surface area (Å²) in [5, 5.41) is 39.7. The van der Waals surface area contributed by atoms with Crippen LogP contribution in [0.2, 0.25) is 0 Å². The molecule has 8 bridgehead atoms. The van der Waals surface area contributed by atoms with Gasteiger partial charge in [0.1, 0.15) is 0 Å². The molecule has 4 aliphatic rings. The van der Waals surface area contributed by atoms with E-state index in [2.05, 4.69) is 9.98 Å². The number of rotatable bonds is 11. The van der Waals surface area contributed by atoms with Crippen LogP contribution < -0.4 is 190 Å². The predicted octanol–water partition coefficient (Wildman–Crippen LogP) is -9.03. The van der Waals surface area contributed by atoms with Gasteiger partial charge < -0.3 is 49.2 Å². The van der Waals surface area contributed by atoms with Crippen LogP contribution >= 0.6 is 7.60 Å². The van der Waals surface area contributed by atoms with Crippen LogP contribution in [0, 0.1) is 6.92 Å². The number of nitrogens with one attached hydrogen (secondary N) is 1. The van der Waals surface area contributed by atoms with E-state index in [1.807, 2.05) is 26.8 Å². The number of carbonyl (C=O) groups is 2. The Labute approximate surface area is 473 Å². The van der Waals surface area contributed by atoms with Gasteiger partial charge >= 0.3 is 181 Å². The Hall–Kier alpha value is 0.401. The molecule has 1 aromatic heterocycles.